The Balaban J connectivity index is 1.19. The standard InChI is InChI=1S/C35H41BN4O6/c1-19(2)29(39-33(42)43-7)32(41)40-14-8-9-27(40)31-37-26-13-10-20-16-25-23-12-11-22(36-45-34(3,4)35(5,6)46-36)15-21(23)18-44-28(25)17-24(20)30(26)38-31/h10-13,15-17,19,27,29H,8-9,14,18H2,1-7H3,(H,37,38)(H,39,42). The van der Waals surface area contributed by atoms with Crippen LogP contribution in [0.25, 0.3) is 32.9 Å². The van der Waals surface area contributed by atoms with Crippen LogP contribution in [0.15, 0.2) is 42.5 Å². The number of H-pyrrole nitrogens is 1. The molecular formula is C35H41BN4O6. The number of aromatic amines is 1. The highest BCUT2D eigenvalue weighted by Crippen LogP contribution is 2.43. The average Bonchev–Trinajstić information content (AvgIpc) is 3.73. The molecule has 2 saturated heterocycles. The second-order valence-electron chi connectivity index (χ2n) is 14.0. The van der Waals surface area contributed by atoms with Crippen molar-refractivity contribution in [2.75, 3.05) is 13.7 Å². The molecule has 2 unspecified atom stereocenters. The topological polar surface area (TPSA) is 115 Å². The van der Waals surface area contributed by atoms with Crippen molar-refractivity contribution in [1.29, 1.82) is 0 Å². The highest BCUT2D eigenvalue weighted by Gasteiger charge is 2.51. The second-order valence-corrected chi connectivity index (χ2v) is 14.0. The van der Waals surface area contributed by atoms with Crippen molar-refractivity contribution < 1.29 is 28.4 Å². The fraction of sp³-hybridized carbons (Fsp3) is 0.457. The monoisotopic (exact) mass is 624 g/mol. The number of methoxy groups -OCH3 is 1. The zero-order valence-electron chi connectivity index (χ0n) is 27.5. The maximum atomic E-state index is 13.6. The summed E-state index contributed by atoms with van der Waals surface area (Å²) in [7, 11) is 0.871. The van der Waals surface area contributed by atoms with Crippen molar-refractivity contribution in [3.8, 4) is 16.9 Å². The number of aromatic nitrogens is 2. The van der Waals surface area contributed by atoms with Gasteiger partial charge in [-0.2, -0.15) is 0 Å². The molecule has 0 saturated carbocycles. The fourth-order valence-electron chi connectivity index (χ4n) is 6.80. The number of imidazole rings is 1. The highest BCUT2D eigenvalue weighted by atomic mass is 16.7. The van der Waals surface area contributed by atoms with Gasteiger partial charge < -0.3 is 34.0 Å². The number of carbonyl (C=O) groups excluding carboxylic acids is 2. The third-order valence-electron chi connectivity index (χ3n) is 10.2. The lowest BCUT2D eigenvalue weighted by atomic mass is 9.77. The van der Waals surface area contributed by atoms with Gasteiger partial charge in [-0.1, -0.05) is 38.1 Å². The maximum Gasteiger partial charge on any atom is 0.494 e. The van der Waals surface area contributed by atoms with Crippen molar-refractivity contribution in [3.63, 3.8) is 0 Å². The van der Waals surface area contributed by atoms with Crippen molar-refractivity contribution in [2.24, 2.45) is 5.92 Å². The van der Waals surface area contributed by atoms with Crippen LogP contribution in [-0.2, 0) is 25.4 Å². The van der Waals surface area contributed by atoms with Crippen LogP contribution in [0, 0.1) is 5.92 Å². The molecule has 0 bridgehead atoms. The summed E-state index contributed by atoms with van der Waals surface area (Å²) in [6.45, 7) is 13.1. The second kappa shape index (κ2) is 11.0. The van der Waals surface area contributed by atoms with Crippen LogP contribution >= 0.6 is 0 Å². The molecule has 0 aliphatic carbocycles. The van der Waals surface area contributed by atoms with Gasteiger partial charge in [0.1, 0.15) is 24.2 Å². The van der Waals surface area contributed by atoms with Gasteiger partial charge in [-0.05, 0) is 86.6 Å². The minimum absolute atomic E-state index is 0.0981. The van der Waals surface area contributed by atoms with Gasteiger partial charge in [0.05, 0.1) is 35.4 Å². The molecule has 2 fully saturated rings. The first-order valence-corrected chi connectivity index (χ1v) is 16.1. The molecule has 0 spiro atoms. The quantitative estimate of drug-likeness (QED) is 0.277. The summed E-state index contributed by atoms with van der Waals surface area (Å²) in [6, 6.07) is 13.8. The van der Waals surface area contributed by atoms with E-state index in [4.69, 9.17) is 23.8 Å². The van der Waals surface area contributed by atoms with E-state index >= 15 is 0 Å². The van der Waals surface area contributed by atoms with Gasteiger partial charge in [-0.25, -0.2) is 9.78 Å². The Kier molecular flexibility index (Phi) is 7.32. The normalized spacial score (nSPS) is 20.5. The van der Waals surface area contributed by atoms with Gasteiger partial charge in [-0.15, -0.1) is 0 Å². The molecule has 46 heavy (non-hydrogen) atoms. The van der Waals surface area contributed by atoms with E-state index in [-0.39, 0.29) is 17.9 Å². The number of fused-ring (bicyclic) bond motifs is 6. The predicted octanol–water partition coefficient (Wildman–Crippen LogP) is 5.62. The van der Waals surface area contributed by atoms with Crippen LogP contribution in [0.3, 0.4) is 0 Å². The Hall–Kier alpha value is -4.09. The minimum atomic E-state index is -0.683. The summed E-state index contributed by atoms with van der Waals surface area (Å²) in [4.78, 5) is 36.0. The summed E-state index contributed by atoms with van der Waals surface area (Å²) in [6.07, 6.45) is 1.03. The first-order valence-electron chi connectivity index (χ1n) is 16.1. The van der Waals surface area contributed by atoms with E-state index in [1.54, 1.807) is 0 Å². The zero-order chi connectivity index (χ0) is 32.5. The molecule has 2 atom stereocenters. The Morgan fingerprint density at radius 1 is 1.07 bits per heavy atom. The molecule has 240 valence electrons. The molecule has 1 aromatic heterocycles. The number of nitrogens with one attached hydrogen (secondary N) is 2. The number of carbonyl (C=O) groups is 2. The van der Waals surface area contributed by atoms with Gasteiger partial charge in [-0.3, -0.25) is 4.79 Å². The SMILES string of the molecule is COC(=O)NC(C(=O)N1CCCC1c1nc2c(ccc3cc4c(cc32)OCc2cc(B3OC(C)(C)C(C)(C)O3)ccc2-4)[nH]1)C(C)C. The number of amides is 2. The molecule has 3 aliphatic heterocycles. The Morgan fingerprint density at radius 3 is 2.54 bits per heavy atom. The molecule has 0 radical (unpaired) electrons. The minimum Gasteiger partial charge on any atom is -0.488 e. The third kappa shape index (κ3) is 5.00. The summed E-state index contributed by atoms with van der Waals surface area (Å²) >= 11 is 0. The van der Waals surface area contributed by atoms with E-state index < -0.39 is 30.5 Å². The van der Waals surface area contributed by atoms with Gasteiger partial charge in [0.15, 0.2) is 0 Å². The van der Waals surface area contributed by atoms with Gasteiger partial charge in [0, 0.05) is 17.5 Å². The highest BCUT2D eigenvalue weighted by molar-refractivity contribution is 6.62. The van der Waals surface area contributed by atoms with Gasteiger partial charge in [0.25, 0.3) is 0 Å². The third-order valence-corrected chi connectivity index (χ3v) is 10.2. The lowest BCUT2D eigenvalue weighted by Crippen LogP contribution is -2.51. The summed E-state index contributed by atoms with van der Waals surface area (Å²) in [5, 5.41) is 4.75. The largest absolute Gasteiger partial charge is 0.494 e. The number of hydrogen-bond acceptors (Lipinski definition) is 7. The van der Waals surface area contributed by atoms with E-state index in [0.717, 1.165) is 68.4 Å². The molecule has 2 N–H and O–H groups in total. The van der Waals surface area contributed by atoms with Crippen LogP contribution < -0.4 is 15.5 Å². The van der Waals surface area contributed by atoms with Crippen molar-refractivity contribution in [3.05, 3.63) is 53.9 Å². The van der Waals surface area contributed by atoms with E-state index in [2.05, 4.69) is 74.4 Å². The van der Waals surface area contributed by atoms with Gasteiger partial charge in [0.2, 0.25) is 5.91 Å². The molecule has 10 nitrogen and oxygen atoms in total. The van der Waals surface area contributed by atoms with Crippen molar-refractivity contribution in [2.45, 2.75) is 84.3 Å². The Labute approximate surface area is 269 Å². The summed E-state index contributed by atoms with van der Waals surface area (Å²) in [5.74, 6) is 1.33. The molecule has 11 heteroatoms. The number of ether oxygens (including phenoxy) is 2. The number of hydrogen-bond donors (Lipinski definition) is 2. The molecule has 4 aromatic rings. The van der Waals surface area contributed by atoms with Crippen molar-refractivity contribution >= 4 is 46.4 Å². The lowest BCUT2D eigenvalue weighted by molar-refractivity contribution is -0.135. The number of likely N-dealkylation sites (tertiary alicyclic amines) is 1. The first kappa shape index (κ1) is 30.6. The average molecular weight is 625 g/mol. The van der Waals surface area contributed by atoms with E-state index in [1.165, 1.54) is 7.11 Å². The zero-order valence-corrected chi connectivity index (χ0v) is 27.5. The van der Waals surface area contributed by atoms with Crippen molar-refractivity contribution in [1.82, 2.24) is 20.2 Å². The van der Waals surface area contributed by atoms with Crippen LogP contribution in [0.5, 0.6) is 5.75 Å². The summed E-state index contributed by atoms with van der Waals surface area (Å²) in [5.41, 5.74) is 5.17. The number of nitrogens with zero attached hydrogens (tertiary/aromatic N) is 2. The smallest absolute Gasteiger partial charge is 0.488 e. The number of rotatable bonds is 5. The van der Waals surface area contributed by atoms with Gasteiger partial charge >= 0.3 is 13.2 Å². The molecule has 7 rings (SSSR count). The van der Waals surface area contributed by atoms with Crippen LogP contribution in [0.1, 0.15) is 71.8 Å². The Bertz CT molecular complexity index is 1850. The first-order chi connectivity index (χ1) is 21.9. The molecule has 3 aromatic carbocycles. The molecule has 4 heterocycles. The fourth-order valence-corrected chi connectivity index (χ4v) is 6.80. The van der Waals surface area contributed by atoms with Crippen LogP contribution in [0.4, 0.5) is 4.79 Å². The predicted molar refractivity (Wildman–Crippen MR) is 177 cm³/mol. The van der Waals surface area contributed by atoms with E-state index in [9.17, 15) is 9.59 Å². The van der Waals surface area contributed by atoms with Crippen LogP contribution in [0.2, 0.25) is 0 Å². The molecular weight excluding hydrogens is 583 g/mol. The van der Waals surface area contributed by atoms with E-state index in [0.29, 0.717) is 13.2 Å². The summed E-state index contributed by atoms with van der Waals surface area (Å²) < 4.78 is 23.7. The molecule has 3 aliphatic rings. The number of benzene rings is 3. The van der Waals surface area contributed by atoms with E-state index in [1.807, 2.05) is 24.8 Å². The maximum absolute atomic E-state index is 13.6. The lowest BCUT2D eigenvalue weighted by Gasteiger charge is -2.32. The Morgan fingerprint density at radius 2 is 1.83 bits per heavy atom. The molecule has 2 amide bonds. The number of alkyl carbamates (subject to hydrolysis) is 1. The van der Waals surface area contributed by atoms with Crippen LogP contribution in [-0.4, -0.2) is 64.9 Å².